The molecule has 4 heteroatoms. The molecule has 1 atom stereocenters. The summed E-state index contributed by atoms with van der Waals surface area (Å²) in [6.45, 7) is 1.91. The van der Waals surface area contributed by atoms with Crippen LogP contribution in [0.1, 0.15) is 25.0 Å². The van der Waals surface area contributed by atoms with E-state index in [2.05, 4.69) is 0 Å². The summed E-state index contributed by atoms with van der Waals surface area (Å²) in [6, 6.07) is 12.5. The van der Waals surface area contributed by atoms with Crippen molar-refractivity contribution in [3.63, 3.8) is 0 Å². The van der Waals surface area contributed by atoms with Crippen LogP contribution in [0.4, 0.5) is 0 Å². The Labute approximate surface area is 122 Å². The number of hydrogen-bond acceptors (Lipinski definition) is 2. The van der Waals surface area contributed by atoms with E-state index in [4.69, 9.17) is 27.9 Å². The zero-order valence-electron chi connectivity index (χ0n) is 10.4. The smallest absolute Gasteiger partial charge is 0.147 e. The van der Waals surface area contributed by atoms with Crippen LogP contribution in [0.5, 0.6) is 11.5 Å². The zero-order valence-corrected chi connectivity index (χ0v) is 11.9. The molecule has 2 aromatic carbocycles. The fraction of sp³-hybridized carbons (Fsp3) is 0.200. The number of hydrogen-bond donors (Lipinski definition) is 1. The summed E-state index contributed by atoms with van der Waals surface area (Å²) in [4.78, 5) is 0. The van der Waals surface area contributed by atoms with Gasteiger partial charge in [-0.2, -0.15) is 0 Å². The molecule has 0 aliphatic heterocycles. The van der Waals surface area contributed by atoms with Gasteiger partial charge in [-0.1, -0.05) is 54.4 Å². The summed E-state index contributed by atoms with van der Waals surface area (Å²) in [5, 5.41) is 10.8. The molecule has 0 saturated heterocycles. The molecule has 0 spiro atoms. The average molecular weight is 297 g/mol. The molecule has 0 amide bonds. The van der Waals surface area contributed by atoms with Crippen molar-refractivity contribution in [1.82, 2.24) is 0 Å². The molecule has 0 aromatic heterocycles. The maximum atomic E-state index is 9.97. The predicted octanol–water partition coefficient (Wildman–Crippen LogP) is 5.23. The molecular weight excluding hydrogens is 283 g/mol. The lowest BCUT2D eigenvalue weighted by atomic mass is 10.1. The van der Waals surface area contributed by atoms with Crippen LogP contribution in [0.15, 0.2) is 42.5 Å². The van der Waals surface area contributed by atoms with Crippen molar-refractivity contribution >= 4 is 23.2 Å². The second-order valence-electron chi connectivity index (χ2n) is 4.12. The summed E-state index contributed by atoms with van der Waals surface area (Å²) in [6.07, 6.45) is 0.0538. The quantitative estimate of drug-likeness (QED) is 0.837. The zero-order chi connectivity index (χ0) is 13.8. The summed E-state index contributed by atoms with van der Waals surface area (Å²) in [5.74, 6) is 1.06. The first-order chi connectivity index (χ1) is 9.13. The predicted molar refractivity (Wildman–Crippen MR) is 78.2 cm³/mol. The van der Waals surface area contributed by atoms with Gasteiger partial charge in [-0.3, -0.25) is 0 Å². The van der Waals surface area contributed by atoms with Gasteiger partial charge in [0.2, 0.25) is 0 Å². The second-order valence-corrected chi connectivity index (χ2v) is 4.90. The van der Waals surface area contributed by atoms with E-state index in [1.54, 1.807) is 24.3 Å². The number of para-hydroxylation sites is 1. The van der Waals surface area contributed by atoms with Crippen molar-refractivity contribution in [1.29, 1.82) is 0 Å². The van der Waals surface area contributed by atoms with Crippen LogP contribution in [-0.4, -0.2) is 5.11 Å². The van der Waals surface area contributed by atoms with E-state index in [1.807, 2.05) is 25.1 Å². The highest BCUT2D eigenvalue weighted by Crippen LogP contribution is 2.37. The fourth-order valence-electron chi connectivity index (χ4n) is 1.75. The van der Waals surface area contributed by atoms with Crippen LogP contribution < -0.4 is 4.74 Å². The van der Waals surface area contributed by atoms with E-state index >= 15 is 0 Å². The number of rotatable bonds is 4. The maximum Gasteiger partial charge on any atom is 0.147 e. The van der Waals surface area contributed by atoms with Crippen LogP contribution in [0.3, 0.4) is 0 Å². The van der Waals surface area contributed by atoms with Gasteiger partial charge in [-0.25, -0.2) is 0 Å². The SMILES string of the molecule is CCC(O)c1ccccc1Oc1cccc(Cl)c1Cl. The number of aliphatic hydroxyl groups excluding tert-OH is 1. The van der Waals surface area contributed by atoms with Crippen molar-refractivity contribution in [2.75, 3.05) is 0 Å². The Kier molecular flexibility index (Phi) is 4.70. The first kappa shape index (κ1) is 14.2. The van der Waals surface area contributed by atoms with Crippen LogP contribution in [-0.2, 0) is 0 Å². The van der Waals surface area contributed by atoms with Gasteiger partial charge in [0.15, 0.2) is 0 Å². The third-order valence-corrected chi connectivity index (χ3v) is 3.60. The van der Waals surface area contributed by atoms with Gasteiger partial charge in [0.25, 0.3) is 0 Å². The van der Waals surface area contributed by atoms with Crippen molar-refractivity contribution < 1.29 is 9.84 Å². The molecule has 0 aliphatic rings. The molecule has 1 unspecified atom stereocenters. The normalized spacial score (nSPS) is 12.2. The standard InChI is InChI=1S/C15H14Cl2O2/c1-2-12(18)10-6-3-4-8-13(10)19-14-9-5-7-11(16)15(14)17/h3-9,12,18H,2H2,1H3. The van der Waals surface area contributed by atoms with Crippen molar-refractivity contribution in [3.8, 4) is 11.5 Å². The lowest BCUT2D eigenvalue weighted by molar-refractivity contribution is 0.170. The molecule has 100 valence electrons. The Morgan fingerprint density at radius 2 is 1.74 bits per heavy atom. The summed E-state index contributed by atoms with van der Waals surface area (Å²) in [5.41, 5.74) is 0.737. The molecule has 0 saturated carbocycles. The lowest BCUT2D eigenvalue weighted by Gasteiger charge is -2.15. The highest BCUT2D eigenvalue weighted by molar-refractivity contribution is 6.42. The van der Waals surface area contributed by atoms with Gasteiger partial charge in [-0.05, 0) is 24.6 Å². The van der Waals surface area contributed by atoms with Crippen LogP contribution >= 0.6 is 23.2 Å². The third-order valence-electron chi connectivity index (χ3n) is 2.80. The summed E-state index contributed by atoms with van der Waals surface area (Å²) < 4.78 is 5.77. The lowest BCUT2D eigenvalue weighted by Crippen LogP contribution is -1.98. The largest absolute Gasteiger partial charge is 0.455 e. The molecule has 2 aromatic rings. The average Bonchev–Trinajstić information content (AvgIpc) is 2.43. The van der Waals surface area contributed by atoms with Crippen molar-refractivity contribution in [2.24, 2.45) is 0 Å². The van der Waals surface area contributed by atoms with Gasteiger partial charge >= 0.3 is 0 Å². The van der Waals surface area contributed by atoms with E-state index in [1.165, 1.54) is 0 Å². The number of ether oxygens (including phenoxy) is 1. The molecule has 2 rings (SSSR count). The maximum absolute atomic E-state index is 9.97. The number of benzene rings is 2. The van der Waals surface area contributed by atoms with Gasteiger partial charge in [0, 0.05) is 5.56 Å². The number of halogens is 2. The molecule has 0 heterocycles. The topological polar surface area (TPSA) is 29.5 Å². The molecule has 0 radical (unpaired) electrons. The summed E-state index contributed by atoms with van der Waals surface area (Å²) in [7, 11) is 0. The Morgan fingerprint density at radius 3 is 2.47 bits per heavy atom. The molecule has 1 N–H and O–H groups in total. The van der Waals surface area contributed by atoms with Crippen LogP contribution in [0, 0.1) is 0 Å². The highest BCUT2D eigenvalue weighted by Gasteiger charge is 2.13. The Balaban J connectivity index is 2.36. The van der Waals surface area contributed by atoms with Gasteiger partial charge in [-0.15, -0.1) is 0 Å². The molecule has 2 nitrogen and oxygen atoms in total. The van der Waals surface area contributed by atoms with Gasteiger partial charge < -0.3 is 9.84 Å². The first-order valence-electron chi connectivity index (χ1n) is 6.02. The van der Waals surface area contributed by atoms with Crippen molar-refractivity contribution in [2.45, 2.75) is 19.4 Å². The highest BCUT2D eigenvalue weighted by atomic mass is 35.5. The van der Waals surface area contributed by atoms with E-state index in [0.717, 1.165) is 5.56 Å². The van der Waals surface area contributed by atoms with E-state index < -0.39 is 6.10 Å². The molecular formula is C15H14Cl2O2. The molecule has 19 heavy (non-hydrogen) atoms. The second kappa shape index (κ2) is 6.29. The number of aliphatic hydroxyl groups is 1. The van der Waals surface area contributed by atoms with Crippen LogP contribution in [0.2, 0.25) is 10.0 Å². The Hall–Kier alpha value is -1.22. The Bertz CT molecular complexity index is 570. The minimum Gasteiger partial charge on any atom is -0.455 e. The van der Waals surface area contributed by atoms with Crippen molar-refractivity contribution in [3.05, 3.63) is 58.1 Å². The van der Waals surface area contributed by atoms with Crippen LogP contribution in [0.25, 0.3) is 0 Å². The third kappa shape index (κ3) is 3.21. The monoisotopic (exact) mass is 296 g/mol. The minimum atomic E-state index is -0.561. The minimum absolute atomic E-state index is 0.366. The fourth-order valence-corrected chi connectivity index (χ4v) is 2.08. The first-order valence-corrected chi connectivity index (χ1v) is 6.78. The van der Waals surface area contributed by atoms with Gasteiger partial charge in [0.05, 0.1) is 11.1 Å². The summed E-state index contributed by atoms with van der Waals surface area (Å²) >= 11 is 12.0. The van der Waals surface area contributed by atoms with Gasteiger partial charge in [0.1, 0.15) is 16.5 Å². The molecule has 0 fully saturated rings. The van der Waals surface area contributed by atoms with E-state index in [-0.39, 0.29) is 0 Å². The molecule has 0 bridgehead atoms. The van der Waals surface area contributed by atoms with E-state index in [9.17, 15) is 5.11 Å². The molecule has 0 aliphatic carbocycles. The van der Waals surface area contributed by atoms with E-state index in [0.29, 0.717) is 28.0 Å². The Morgan fingerprint density at radius 1 is 1.05 bits per heavy atom.